The van der Waals surface area contributed by atoms with Gasteiger partial charge >= 0.3 is 54.9 Å². The molecule has 52 heteroatoms. The summed E-state index contributed by atoms with van der Waals surface area (Å²) in [5.41, 5.74) is 22.5. The molecular weight excluding hydrogens is 2070 g/mol. The van der Waals surface area contributed by atoms with Crippen LogP contribution in [0.5, 0.6) is 23.0 Å². The van der Waals surface area contributed by atoms with Gasteiger partial charge in [-0.25, -0.2) is 38.2 Å². The first-order valence-corrected chi connectivity index (χ1v) is 57.4. The lowest BCUT2D eigenvalue weighted by molar-refractivity contribution is -0.151. The summed E-state index contributed by atoms with van der Waals surface area (Å²) in [5, 5.41) is 54.6. The van der Waals surface area contributed by atoms with Gasteiger partial charge in [-0.2, -0.15) is 40.3 Å². The SMILES string of the molecule is C=C1N=C(N)N=CN1[C@H]1C[C@@H](O)[C@@H](COP(=O)(N[C@H](C(=O)OC(C)C)C(C)C)Oc2cccc3ccccc23)S1.C=C1N=C(N)N=CN1[C@H]1C[C@@H](O)[C@@H](COP(=O)(N[C@H](C(=O)OC(C)C)C(C)C)Oc2ccccc2)S1.C=C1N=C(N)N=CN1[C@H]1C[C@@H](O)[C@@H](COP(=O)(N[C@H](C(=O)OC)C(C)C)Oc2cccc3ccccc23)S1.C=C1N=C(N)N=CN1[C@H]1C[C@@H](O)[C@@H](COP(=O)(N[C@H](C(=O)OC)C(C)C)Oc2ccccc2)S1. The number of carbonyl (C=O) groups excluding carboxylic acids is 4. The zero-order valence-electron chi connectivity index (χ0n) is 84.4. The van der Waals surface area contributed by atoms with Crippen LogP contribution in [0.1, 0.15) is 109 Å². The number of esters is 4. The van der Waals surface area contributed by atoms with Crippen LogP contribution in [0.3, 0.4) is 0 Å². The zero-order chi connectivity index (χ0) is 108. The van der Waals surface area contributed by atoms with Gasteiger partial charge < -0.3 is 100 Å². The van der Waals surface area contributed by atoms with Gasteiger partial charge in [-0.05, 0) is 98.5 Å². The molecule has 8 aliphatic rings. The molecule has 8 aliphatic heterocycles. The average Bonchev–Trinajstić information content (AvgIpc) is 0.914. The minimum atomic E-state index is -4.18. The number of nitrogens with zero attached hydrogens (tertiary/aromatic N) is 12. The summed E-state index contributed by atoms with van der Waals surface area (Å²) in [6, 6.07) is 39.0. The van der Waals surface area contributed by atoms with Crippen LogP contribution >= 0.6 is 78.0 Å². The highest BCUT2D eigenvalue weighted by Gasteiger charge is 2.49. The largest absolute Gasteiger partial charge is 0.468 e. The third kappa shape index (κ3) is 33.2. The van der Waals surface area contributed by atoms with Gasteiger partial charge in [0.15, 0.2) is 0 Å². The highest BCUT2D eigenvalue weighted by atomic mass is 32.2. The van der Waals surface area contributed by atoms with E-state index in [1.54, 1.807) is 174 Å². The Hall–Kier alpha value is -10.5. The van der Waals surface area contributed by atoms with E-state index in [2.05, 4.69) is 86.6 Å². The van der Waals surface area contributed by atoms with Crippen molar-refractivity contribution in [1.29, 1.82) is 0 Å². The summed E-state index contributed by atoms with van der Waals surface area (Å²) in [7, 11) is -13.9. The van der Waals surface area contributed by atoms with Crippen molar-refractivity contribution in [1.82, 2.24) is 39.9 Å². The first kappa shape index (κ1) is 118. The molecule has 4 saturated heterocycles. The first-order chi connectivity index (χ1) is 70.1. The molecule has 148 heavy (non-hydrogen) atoms. The van der Waals surface area contributed by atoms with Gasteiger partial charge in [-0.3, -0.25) is 37.3 Å². The van der Waals surface area contributed by atoms with Gasteiger partial charge in [-0.1, -0.05) is 191 Å². The van der Waals surface area contributed by atoms with E-state index >= 15 is 0 Å². The second-order valence-corrected chi connectivity index (χ2v) is 48.9. The Kier molecular flexibility index (Phi) is 42.9. The topological polar surface area (TPSA) is 592 Å². The van der Waals surface area contributed by atoms with Gasteiger partial charge in [0.05, 0.1) is 120 Å². The minimum absolute atomic E-state index is 0.103. The molecular formula is C96H132N20O24P4S4. The molecule has 0 aromatic heterocycles. The zero-order valence-corrected chi connectivity index (χ0v) is 91.2. The number of ether oxygens (including phenoxy) is 4. The van der Waals surface area contributed by atoms with E-state index in [1.165, 1.54) is 86.6 Å². The molecule has 6 aromatic rings. The molecule has 8 heterocycles. The van der Waals surface area contributed by atoms with Crippen LogP contribution in [-0.2, 0) is 74.5 Å². The number of para-hydroxylation sites is 2. The van der Waals surface area contributed by atoms with Crippen LogP contribution < -0.4 is 61.4 Å². The Morgan fingerprint density at radius 3 is 0.838 bits per heavy atom. The standard InChI is InChI=1S/C27H36N5O6PS.C25H32N5O6PS.C23H34N5O6PS.C21H30N5O6PS/c1-16(2)25(26(34)37-17(3)4)31-39(35,38-22-12-8-10-19-9-6-7-11-20(19)22)36-14-23-21(33)13-24(40-23)32-15-29-27(28)30-18(32)5;1-15(2)23(24(32)34-4)29-37(33,36-20-11-7-9-17-8-5-6-10-18(17)20)35-13-21-19(31)12-22(38-21)30-14-27-25(26)28-16(30)3;1-14(2)21(22(30)33-15(3)4)27-35(31,34-17-9-7-6-8-10-17)32-12-19-18(29)11-20(36-19)28-13-25-23(24)26-16(28)5;1-13(2)19(20(28)30-4)25-33(29,32-15-8-6-5-7-9-15)31-11-17-16(27)10-18(34-17)26-12-23-21(22)24-14(26)3/h6-12,15-17,21,23-25,33H,5,13-14H2,1-4H3,(H2,28,30)(H,31,35);5-11,14-15,19,21-23,31H,3,12-13H2,1-2,4H3,(H2,26,28)(H,29,33);6-10,13-15,18-21,29H,5,11-12H2,1-4H3,(H2,24,26)(H,27,31);5-9,12-13,16-19,27H,3,10-11H2,1-2,4H3,(H2,22,24)(H,25,29)/t21-,23-,24-,25+,39?;19-,21-,22-,23+,37?;18-,19-,20-,21+,35?;16-,17-,18-,19+,33?/m1111/s1. The lowest BCUT2D eigenvalue weighted by Gasteiger charge is -2.29. The molecule has 44 nitrogen and oxygen atoms in total. The van der Waals surface area contributed by atoms with Gasteiger partial charge in [-0.15, -0.1) is 47.0 Å². The molecule has 4 unspecified atom stereocenters. The van der Waals surface area contributed by atoms with Crippen LogP contribution in [0.25, 0.3) is 21.5 Å². The number of hydrogen-bond acceptors (Lipinski definition) is 44. The fourth-order valence-electron chi connectivity index (χ4n) is 15.3. The van der Waals surface area contributed by atoms with Crippen molar-refractivity contribution in [2.24, 2.45) is 86.5 Å². The Morgan fingerprint density at radius 2 is 0.595 bits per heavy atom. The highest BCUT2D eigenvalue weighted by molar-refractivity contribution is 8.01. The number of fused-ring (bicyclic) bond motifs is 2. The molecule has 4 fully saturated rings. The van der Waals surface area contributed by atoms with Crippen molar-refractivity contribution in [2.75, 3.05) is 40.6 Å². The number of aliphatic imine (C=N–C) groups is 8. The summed E-state index contributed by atoms with van der Waals surface area (Å²) >= 11 is 5.64. The number of aliphatic hydroxyl groups excluding tert-OH is 4. The highest BCUT2D eigenvalue weighted by Crippen LogP contribution is 2.54. The fraction of sp³-hybridized carbons (Fsp3) is 0.458. The smallest absolute Gasteiger partial charge is 0.459 e. The lowest BCUT2D eigenvalue weighted by atomic mass is 10.1. The quantitative estimate of drug-likeness (QED) is 0.00962. The van der Waals surface area contributed by atoms with Gasteiger partial charge in [0.25, 0.3) is 0 Å². The molecule has 0 radical (unpaired) electrons. The number of nitrogens with one attached hydrogen (secondary N) is 4. The van der Waals surface area contributed by atoms with Crippen molar-refractivity contribution >= 4 is 173 Å². The summed E-state index contributed by atoms with van der Waals surface area (Å²) < 4.78 is 124. The third-order valence-corrected chi connectivity index (χ3v) is 35.2. The summed E-state index contributed by atoms with van der Waals surface area (Å²) in [6.07, 6.45) is 3.83. The number of methoxy groups -OCH3 is 2. The normalized spacial score (nSPS) is 24.2. The van der Waals surface area contributed by atoms with E-state index in [0.29, 0.717) is 72.0 Å². The van der Waals surface area contributed by atoms with Gasteiger partial charge in [0.2, 0.25) is 23.8 Å². The van der Waals surface area contributed by atoms with Gasteiger partial charge in [0.1, 0.15) is 95.8 Å². The van der Waals surface area contributed by atoms with Crippen LogP contribution in [-0.4, -0.2) is 257 Å². The van der Waals surface area contributed by atoms with Crippen molar-refractivity contribution in [2.45, 2.75) is 212 Å². The number of hydrogen-bond donors (Lipinski definition) is 12. The van der Waals surface area contributed by atoms with E-state index in [1.807, 2.05) is 74.5 Å². The minimum Gasteiger partial charge on any atom is -0.468 e. The summed E-state index contributed by atoms with van der Waals surface area (Å²) in [4.78, 5) is 89.5. The van der Waals surface area contributed by atoms with Crippen LogP contribution in [0.15, 0.2) is 235 Å². The number of guanidine groups is 4. The molecule has 0 amide bonds. The first-order valence-electron chi connectivity index (χ1n) is 47.4. The van der Waals surface area contributed by atoms with E-state index in [0.717, 1.165) is 21.5 Å². The van der Waals surface area contributed by atoms with Crippen LogP contribution in [0.4, 0.5) is 0 Å². The molecule has 20 atom stereocenters. The molecule has 804 valence electrons. The molecule has 0 bridgehead atoms. The Balaban J connectivity index is 0.000000188. The van der Waals surface area contributed by atoms with Crippen LogP contribution in [0.2, 0.25) is 0 Å². The number of nitrogens with two attached hydrogens (primary N) is 4. The number of thioether (sulfide) groups is 4. The Labute approximate surface area is 877 Å². The predicted molar refractivity (Wildman–Crippen MR) is 579 cm³/mol. The Bertz CT molecular complexity index is 6110. The number of rotatable bonds is 42. The predicted octanol–water partition coefficient (Wildman–Crippen LogP) is 13.1. The molecule has 0 spiro atoms. The molecule has 14 rings (SSSR count). The van der Waals surface area contributed by atoms with Crippen molar-refractivity contribution in [3.05, 3.63) is 195 Å². The monoisotopic (exact) mass is 2200 g/mol. The maximum atomic E-state index is 14.3. The maximum Gasteiger partial charge on any atom is 0.459 e. The number of benzene rings is 6. The molecule has 0 aliphatic carbocycles. The summed E-state index contributed by atoms with van der Waals surface area (Å²) in [6.45, 7) is 36.4. The summed E-state index contributed by atoms with van der Waals surface area (Å²) in [5.74, 6) is -0.00627. The number of aliphatic hydroxyl groups is 4. The lowest BCUT2D eigenvalue weighted by Crippen LogP contribution is -2.42. The average molecular weight is 2200 g/mol. The second-order valence-electron chi connectivity index (χ2n) is 36.4. The van der Waals surface area contributed by atoms with Crippen molar-refractivity contribution in [3.8, 4) is 23.0 Å². The van der Waals surface area contributed by atoms with E-state index < -0.39 is 124 Å². The van der Waals surface area contributed by atoms with Crippen molar-refractivity contribution < 1.29 is 113 Å². The maximum absolute atomic E-state index is 14.3. The second kappa shape index (κ2) is 54.0. The Morgan fingerprint density at radius 1 is 0.358 bits per heavy atom. The van der Waals surface area contributed by atoms with E-state index in [9.17, 15) is 57.9 Å². The fourth-order valence-corrected chi connectivity index (χ4v) is 28.3. The van der Waals surface area contributed by atoms with Gasteiger partial charge in [0, 0.05) is 36.5 Å². The molecule has 6 aromatic carbocycles. The molecule has 16 N–H and O–H groups in total. The molecule has 0 saturated carbocycles. The van der Waals surface area contributed by atoms with E-state index in [4.69, 9.17) is 78.1 Å². The van der Waals surface area contributed by atoms with Crippen LogP contribution in [0, 0.1) is 23.7 Å². The third-order valence-electron chi connectivity index (χ3n) is 23.0. The van der Waals surface area contributed by atoms with Crippen molar-refractivity contribution in [3.63, 3.8) is 0 Å². The van der Waals surface area contributed by atoms with E-state index in [-0.39, 0.29) is 108 Å². The number of carbonyl (C=O) groups is 4.